The minimum atomic E-state index is -0.0735. The van der Waals surface area contributed by atoms with Crippen molar-refractivity contribution < 1.29 is 4.79 Å². The molecule has 1 saturated carbocycles. The average Bonchev–Trinajstić information content (AvgIpc) is 2.76. The van der Waals surface area contributed by atoms with Crippen LogP contribution >= 0.6 is 0 Å². The van der Waals surface area contributed by atoms with Gasteiger partial charge >= 0.3 is 0 Å². The minimum Gasteiger partial charge on any atom is -0.293 e. The Hall–Kier alpha value is -0.610. The second kappa shape index (κ2) is 6.86. The van der Waals surface area contributed by atoms with Crippen molar-refractivity contribution in [3.63, 3.8) is 0 Å². The van der Waals surface area contributed by atoms with Crippen LogP contribution in [0.4, 0.5) is 0 Å². The third-order valence-electron chi connectivity index (χ3n) is 3.34. The molecule has 0 aliphatic heterocycles. The number of hydrogen-bond donors (Lipinski definition) is 2. The highest BCUT2D eigenvalue weighted by Gasteiger charge is 2.23. The van der Waals surface area contributed by atoms with Gasteiger partial charge in [0.1, 0.15) is 0 Å². The highest BCUT2D eigenvalue weighted by Crippen LogP contribution is 2.23. The van der Waals surface area contributed by atoms with Gasteiger partial charge < -0.3 is 0 Å². The molecule has 16 heavy (non-hydrogen) atoms. The van der Waals surface area contributed by atoms with Crippen molar-refractivity contribution in [1.82, 2.24) is 10.3 Å². The van der Waals surface area contributed by atoms with Gasteiger partial charge in [0.25, 0.3) is 0 Å². The Balaban J connectivity index is 2.43. The lowest BCUT2D eigenvalue weighted by Crippen LogP contribution is -2.44. The SMILES string of the molecule is CC(C)CCN(CC(=O)NN)C1CCCC1. The van der Waals surface area contributed by atoms with E-state index in [0.717, 1.165) is 13.0 Å². The molecule has 0 unspecified atom stereocenters. The number of amides is 1. The number of rotatable bonds is 6. The zero-order chi connectivity index (χ0) is 12.0. The topological polar surface area (TPSA) is 58.4 Å². The molecular formula is C12H25N3O. The third kappa shape index (κ3) is 4.49. The second-order valence-electron chi connectivity index (χ2n) is 5.16. The van der Waals surface area contributed by atoms with Crippen LogP contribution in [0, 0.1) is 5.92 Å². The van der Waals surface area contributed by atoms with Crippen LogP contribution in [0.25, 0.3) is 0 Å². The number of hydrazine groups is 1. The summed E-state index contributed by atoms with van der Waals surface area (Å²) in [7, 11) is 0. The highest BCUT2D eigenvalue weighted by molar-refractivity contribution is 5.77. The van der Waals surface area contributed by atoms with Gasteiger partial charge in [-0.15, -0.1) is 0 Å². The fourth-order valence-electron chi connectivity index (χ4n) is 2.31. The summed E-state index contributed by atoms with van der Waals surface area (Å²) in [6.45, 7) is 5.90. The summed E-state index contributed by atoms with van der Waals surface area (Å²) in [6, 6.07) is 0.594. The Morgan fingerprint density at radius 3 is 2.56 bits per heavy atom. The van der Waals surface area contributed by atoms with E-state index in [-0.39, 0.29) is 5.91 Å². The van der Waals surface area contributed by atoms with Gasteiger partial charge in [-0.1, -0.05) is 26.7 Å². The summed E-state index contributed by atoms with van der Waals surface area (Å²) in [5.41, 5.74) is 2.23. The molecule has 1 amide bonds. The Morgan fingerprint density at radius 1 is 1.44 bits per heavy atom. The van der Waals surface area contributed by atoms with E-state index >= 15 is 0 Å². The molecule has 0 heterocycles. The summed E-state index contributed by atoms with van der Waals surface area (Å²) in [5, 5.41) is 0. The number of carbonyl (C=O) groups is 1. The summed E-state index contributed by atoms with van der Waals surface area (Å²) in [5.74, 6) is 5.76. The van der Waals surface area contributed by atoms with Crippen LogP contribution in [-0.2, 0) is 4.79 Å². The number of carbonyl (C=O) groups excluding carboxylic acids is 1. The number of nitrogens with two attached hydrogens (primary N) is 1. The van der Waals surface area contributed by atoms with E-state index < -0.39 is 0 Å². The van der Waals surface area contributed by atoms with Crippen LogP contribution in [-0.4, -0.2) is 29.9 Å². The first kappa shape index (κ1) is 13.5. The fourth-order valence-corrected chi connectivity index (χ4v) is 2.31. The molecule has 94 valence electrons. The van der Waals surface area contributed by atoms with Gasteiger partial charge in [0.2, 0.25) is 5.91 Å². The van der Waals surface area contributed by atoms with Crippen molar-refractivity contribution >= 4 is 5.91 Å². The summed E-state index contributed by atoms with van der Waals surface area (Å²) in [6.07, 6.45) is 6.21. The van der Waals surface area contributed by atoms with Crippen LogP contribution in [0.1, 0.15) is 46.0 Å². The molecule has 3 N–H and O–H groups in total. The van der Waals surface area contributed by atoms with Gasteiger partial charge in [-0.3, -0.25) is 15.1 Å². The standard InChI is InChI=1S/C12H25N3O/c1-10(2)7-8-15(9-12(16)14-13)11-5-3-4-6-11/h10-11H,3-9,13H2,1-2H3,(H,14,16). The molecule has 4 nitrogen and oxygen atoms in total. The molecule has 1 aliphatic rings. The first-order valence-corrected chi connectivity index (χ1v) is 6.37. The van der Waals surface area contributed by atoms with E-state index in [2.05, 4.69) is 24.2 Å². The Labute approximate surface area is 98.5 Å². The largest absolute Gasteiger partial charge is 0.293 e. The molecule has 4 heteroatoms. The molecule has 0 aromatic carbocycles. The lowest BCUT2D eigenvalue weighted by Gasteiger charge is -2.28. The number of nitrogens with one attached hydrogen (secondary N) is 1. The van der Waals surface area contributed by atoms with Gasteiger partial charge in [0.05, 0.1) is 6.54 Å². The van der Waals surface area contributed by atoms with Gasteiger partial charge in [-0.05, 0) is 31.7 Å². The minimum absolute atomic E-state index is 0.0735. The molecule has 0 atom stereocenters. The maximum atomic E-state index is 11.3. The predicted octanol–water partition coefficient (Wildman–Crippen LogP) is 1.27. The first-order valence-electron chi connectivity index (χ1n) is 6.37. The molecule has 1 fully saturated rings. The normalized spacial score (nSPS) is 17.3. The third-order valence-corrected chi connectivity index (χ3v) is 3.34. The first-order chi connectivity index (χ1) is 7.63. The highest BCUT2D eigenvalue weighted by atomic mass is 16.2. The van der Waals surface area contributed by atoms with E-state index in [1.54, 1.807) is 0 Å². The van der Waals surface area contributed by atoms with E-state index in [1.807, 2.05) is 0 Å². The van der Waals surface area contributed by atoms with E-state index in [4.69, 9.17) is 5.84 Å². The van der Waals surface area contributed by atoms with Gasteiger partial charge in [0.15, 0.2) is 0 Å². The zero-order valence-corrected chi connectivity index (χ0v) is 10.5. The van der Waals surface area contributed by atoms with Crippen molar-refractivity contribution in [2.75, 3.05) is 13.1 Å². The molecule has 0 spiro atoms. The van der Waals surface area contributed by atoms with E-state index in [1.165, 1.54) is 25.7 Å². The van der Waals surface area contributed by atoms with Crippen molar-refractivity contribution in [1.29, 1.82) is 0 Å². The quantitative estimate of drug-likeness (QED) is 0.408. The van der Waals surface area contributed by atoms with Gasteiger partial charge in [-0.2, -0.15) is 0 Å². The summed E-state index contributed by atoms with van der Waals surface area (Å²) < 4.78 is 0. The van der Waals surface area contributed by atoms with Crippen LogP contribution < -0.4 is 11.3 Å². The molecule has 0 radical (unpaired) electrons. The van der Waals surface area contributed by atoms with Crippen molar-refractivity contribution in [2.45, 2.75) is 52.0 Å². The molecule has 0 saturated heterocycles. The van der Waals surface area contributed by atoms with Gasteiger partial charge in [-0.25, -0.2) is 5.84 Å². The van der Waals surface area contributed by atoms with E-state index in [9.17, 15) is 4.79 Å². The molecule has 0 aromatic rings. The number of hydrogen-bond acceptors (Lipinski definition) is 3. The molecule has 1 rings (SSSR count). The lowest BCUT2D eigenvalue weighted by atomic mass is 10.1. The van der Waals surface area contributed by atoms with Crippen LogP contribution in [0.2, 0.25) is 0 Å². The van der Waals surface area contributed by atoms with Crippen molar-refractivity contribution in [2.24, 2.45) is 11.8 Å². The molecule has 0 aromatic heterocycles. The van der Waals surface area contributed by atoms with Crippen LogP contribution in [0.5, 0.6) is 0 Å². The monoisotopic (exact) mass is 227 g/mol. The van der Waals surface area contributed by atoms with Crippen molar-refractivity contribution in [3.05, 3.63) is 0 Å². The Bertz CT molecular complexity index is 212. The molecular weight excluding hydrogens is 202 g/mol. The summed E-state index contributed by atoms with van der Waals surface area (Å²) in [4.78, 5) is 13.6. The Morgan fingerprint density at radius 2 is 2.06 bits per heavy atom. The van der Waals surface area contributed by atoms with Crippen LogP contribution in [0.3, 0.4) is 0 Å². The maximum absolute atomic E-state index is 11.3. The smallest absolute Gasteiger partial charge is 0.248 e. The zero-order valence-electron chi connectivity index (χ0n) is 10.5. The lowest BCUT2D eigenvalue weighted by molar-refractivity contribution is -0.122. The Kier molecular flexibility index (Phi) is 5.77. The molecule has 0 bridgehead atoms. The van der Waals surface area contributed by atoms with Crippen molar-refractivity contribution in [3.8, 4) is 0 Å². The maximum Gasteiger partial charge on any atom is 0.248 e. The number of nitrogens with zero attached hydrogens (tertiary/aromatic N) is 1. The molecule has 1 aliphatic carbocycles. The average molecular weight is 227 g/mol. The fraction of sp³-hybridized carbons (Fsp3) is 0.917. The van der Waals surface area contributed by atoms with E-state index in [0.29, 0.717) is 18.5 Å². The van der Waals surface area contributed by atoms with Gasteiger partial charge in [0, 0.05) is 6.04 Å². The summed E-state index contributed by atoms with van der Waals surface area (Å²) >= 11 is 0. The predicted molar refractivity (Wildman–Crippen MR) is 65.6 cm³/mol. The second-order valence-corrected chi connectivity index (χ2v) is 5.16. The van der Waals surface area contributed by atoms with Crippen LogP contribution in [0.15, 0.2) is 0 Å².